The normalized spacial score (nSPS) is 21.5. The second-order valence-corrected chi connectivity index (χ2v) is 7.69. The van der Waals surface area contributed by atoms with E-state index in [1.54, 1.807) is 14.1 Å². The molecule has 26 heavy (non-hydrogen) atoms. The number of amides is 3. The minimum absolute atomic E-state index is 0.0328. The van der Waals surface area contributed by atoms with Crippen molar-refractivity contribution < 1.29 is 9.59 Å². The Hall–Kier alpha value is -2.38. The summed E-state index contributed by atoms with van der Waals surface area (Å²) in [6, 6.07) is -0.250. The lowest BCUT2D eigenvalue weighted by Crippen LogP contribution is -2.51. The first-order chi connectivity index (χ1) is 12.3. The summed E-state index contributed by atoms with van der Waals surface area (Å²) >= 11 is 0. The zero-order chi connectivity index (χ0) is 18.9. The topological polar surface area (TPSA) is 81.7 Å². The second-order valence-electron chi connectivity index (χ2n) is 7.69. The number of fused-ring (bicyclic) bond motifs is 2. The van der Waals surface area contributed by atoms with Crippen LogP contribution in [0.2, 0.25) is 0 Å². The van der Waals surface area contributed by atoms with Crippen molar-refractivity contribution >= 4 is 17.9 Å². The third kappa shape index (κ3) is 3.45. The number of rotatable bonds is 3. The predicted molar refractivity (Wildman–Crippen MR) is 99.3 cm³/mol. The first kappa shape index (κ1) is 18.4. The van der Waals surface area contributed by atoms with Crippen molar-refractivity contribution in [3.63, 3.8) is 0 Å². The van der Waals surface area contributed by atoms with Crippen LogP contribution in [0.15, 0.2) is 6.20 Å². The molecule has 3 rings (SSSR count). The molecule has 1 aliphatic heterocycles. The molecular formula is C18H28N6O2. The third-order valence-electron chi connectivity index (χ3n) is 5.35. The van der Waals surface area contributed by atoms with Crippen LogP contribution in [-0.2, 0) is 16.6 Å². The first-order valence-electron chi connectivity index (χ1n) is 9.09. The zero-order valence-corrected chi connectivity index (χ0v) is 16.1. The van der Waals surface area contributed by atoms with Gasteiger partial charge >= 0.3 is 6.03 Å². The Kier molecular flexibility index (Phi) is 5.02. The quantitative estimate of drug-likeness (QED) is 0.855. The molecule has 8 nitrogen and oxygen atoms in total. The van der Waals surface area contributed by atoms with Gasteiger partial charge in [-0.2, -0.15) is 0 Å². The summed E-state index contributed by atoms with van der Waals surface area (Å²) in [5.41, 5.74) is 2.22. The highest BCUT2D eigenvalue weighted by Crippen LogP contribution is 2.44. The van der Waals surface area contributed by atoms with Crippen LogP contribution in [0.3, 0.4) is 0 Å². The molecule has 8 heteroatoms. The molecule has 0 aromatic carbocycles. The van der Waals surface area contributed by atoms with E-state index in [9.17, 15) is 9.59 Å². The fourth-order valence-corrected chi connectivity index (χ4v) is 3.91. The van der Waals surface area contributed by atoms with Crippen LogP contribution in [0.5, 0.6) is 0 Å². The van der Waals surface area contributed by atoms with E-state index in [0.29, 0.717) is 12.5 Å². The lowest BCUT2D eigenvalue weighted by Gasteiger charge is -2.40. The number of hydrogen-bond acceptors (Lipinski definition) is 5. The van der Waals surface area contributed by atoms with Crippen LogP contribution in [0.25, 0.3) is 0 Å². The average Bonchev–Trinajstić information content (AvgIpc) is 2.96. The van der Waals surface area contributed by atoms with Crippen molar-refractivity contribution in [3.05, 3.63) is 17.5 Å². The molecule has 2 aliphatic rings. The Balaban J connectivity index is 1.74. The molecule has 1 aromatic heterocycles. The smallest absolute Gasteiger partial charge is 0.317 e. The molecule has 3 amide bonds. The number of nitrogens with one attached hydrogen (secondary N) is 1. The number of likely N-dealkylation sites (tertiary alicyclic amines) is 1. The van der Waals surface area contributed by atoms with Crippen molar-refractivity contribution in [2.75, 3.05) is 52.7 Å². The molecule has 0 radical (unpaired) electrons. The minimum atomic E-state index is -0.250. The maximum Gasteiger partial charge on any atom is 0.317 e. The van der Waals surface area contributed by atoms with Crippen molar-refractivity contribution in [1.29, 1.82) is 0 Å². The molecule has 2 heterocycles. The van der Waals surface area contributed by atoms with Crippen LogP contribution in [0, 0.1) is 0 Å². The lowest BCUT2D eigenvalue weighted by atomic mass is 9.77. The van der Waals surface area contributed by atoms with Crippen LogP contribution < -0.4 is 10.2 Å². The van der Waals surface area contributed by atoms with Gasteiger partial charge in [0.2, 0.25) is 11.9 Å². The van der Waals surface area contributed by atoms with Gasteiger partial charge in [-0.15, -0.1) is 0 Å². The van der Waals surface area contributed by atoms with Gasteiger partial charge in [-0.25, -0.2) is 14.8 Å². The number of carbonyl (C=O) groups is 2. The van der Waals surface area contributed by atoms with Gasteiger partial charge < -0.3 is 20.0 Å². The van der Waals surface area contributed by atoms with Crippen molar-refractivity contribution in [1.82, 2.24) is 25.1 Å². The number of aromatic nitrogens is 2. The maximum absolute atomic E-state index is 12.6. The summed E-state index contributed by atoms with van der Waals surface area (Å²) in [6.45, 7) is 1.44. The number of aryl methyl sites for hydroxylation is 1. The standard InChI is InChI=1S/C18H28N6O2/c1-22(2)16-19-10-13-6-8-18(15(13)21-16)7-5-9-24(12-18)14(25)11-20-17(26)23(3)4/h10H,5-9,11-12H2,1-4H3,(H,20,26). The molecule has 1 unspecified atom stereocenters. The van der Waals surface area contributed by atoms with E-state index in [1.165, 1.54) is 10.5 Å². The third-order valence-corrected chi connectivity index (χ3v) is 5.35. The number of nitrogens with zero attached hydrogens (tertiary/aromatic N) is 5. The van der Waals surface area contributed by atoms with Crippen molar-refractivity contribution in [3.8, 4) is 0 Å². The summed E-state index contributed by atoms with van der Waals surface area (Å²) in [4.78, 5) is 38.7. The highest BCUT2D eigenvalue weighted by molar-refractivity contribution is 5.84. The SMILES string of the molecule is CN(C)C(=O)NCC(=O)N1CCCC2(CCc3cnc(N(C)C)nc32)C1. The monoisotopic (exact) mass is 360 g/mol. The van der Waals surface area contributed by atoms with Gasteiger partial charge in [0.05, 0.1) is 12.2 Å². The second kappa shape index (κ2) is 7.09. The fraction of sp³-hybridized carbons (Fsp3) is 0.667. The predicted octanol–water partition coefficient (Wildman–Crippen LogP) is 0.620. The highest BCUT2D eigenvalue weighted by Gasteiger charge is 2.44. The van der Waals surface area contributed by atoms with Crippen molar-refractivity contribution in [2.45, 2.75) is 31.1 Å². The van der Waals surface area contributed by atoms with Gasteiger partial charge in [-0.05, 0) is 31.2 Å². The molecule has 0 bridgehead atoms. The van der Waals surface area contributed by atoms with E-state index in [4.69, 9.17) is 4.98 Å². The van der Waals surface area contributed by atoms with Gasteiger partial charge in [0.1, 0.15) is 0 Å². The summed E-state index contributed by atoms with van der Waals surface area (Å²) in [5, 5.41) is 2.66. The van der Waals surface area contributed by atoms with Crippen LogP contribution >= 0.6 is 0 Å². The van der Waals surface area contributed by atoms with Gasteiger partial charge in [-0.3, -0.25) is 4.79 Å². The molecule has 1 N–H and O–H groups in total. The fourth-order valence-electron chi connectivity index (χ4n) is 3.91. The molecule has 0 saturated carbocycles. The molecule has 1 saturated heterocycles. The first-order valence-corrected chi connectivity index (χ1v) is 9.09. The van der Waals surface area contributed by atoms with Crippen LogP contribution in [-0.4, -0.2) is 79.5 Å². The van der Waals surface area contributed by atoms with E-state index < -0.39 is 0 Å². The van der Waals surface area contributed by atoms with E-state index in [-0.39, 0.29) is 23.9 Å². The molecule has 142 valence electrons. The summed E-state index contributed by atoms with van der Waals surface area (Å²) in [7, 11) is 7.20. The van der Waals surface area contributed by atoms with Crippen LogP contribution in [0.4, 0.5) is 10.7 Å². The van der Waals surface area contributed by atoms with Gasteiger partial charge in [0.15, 0.2) is 0 Å². The van der Waals surface area contributed by atoms with Gasteiger partial charge in [-0.1, -0.05) is 0 Å². The van der Waals surface area contributed by atoms with Gasteiger partial charge in [0, 0.05) is 52.9 Å². The number of carbonyl (C=O) groups excluding carboxylic acids is 2. The van der Waals surface area contributed by atoms with E-state index in [0.717, 1.165) is 37.9 Å². The Bertz CT molecular complexity index is 701. The Morgan fingerprint density at radius 2 is 2.04 bits per heavy atom. The number of urea groups is 1. The largest absolute Gasteiger partial charge is 0.347 e. The van der Waals surface area contributed by atoms with Crippen LogP contribution in [0.1, 0.15) is 30.5 Å². The molecule has 1 spiro atoms. The highest BCUT2D eigenvalue weighted by atomic mass is 16.2. The summed E-state index contributed by atoms with van der Waals surface area (Å²) in [5.74, 6) is 0.682. The molecule has 1 atom stereocenters. The molecular weight excluding hydrogens is 332 g/mol. The number of hydrogen-bond donors (Lipinski definition) is 1. The number of piperidine rings is 1. The summed E-state index contributed by atoms with van der Waals surface area (Å²) < 4.78 is 0. The maximum atomic E-state index is 12.6. The van der Waals surface area contributed by atoms with Gasteiger partial charge in [0.25, 0.3) is 0 Å². The lowest BCUT2D eigenvalue weighted by molar-refractivity contribution is -0.132. The van der Waals surface area contributed by atoms with Crippen molar-refractivity contribution in [2.24, 2.45) is 0 Å². The summed E-state index contributed by atoms with van der Waals surface area (Å²) in [6.07, 6.45) is 5.89. The minimum Gasteiger partial charge on any atom is -0.347 e. The van der Waals surface area contributed by atoms with E-state index in [2.05, 4.69) is 10.3 Å². The Morgan fingerprint density at radius 3 is 2.73 bits per heavy atom. The Labute approximate surface area is 154 Å². The average molecular weight is 360 g/mol. The Morgan fingerprint density at radius 1 is 1.27 bits per heavy atom. The molecule has 1 aromatic rings. The van der Waals surface area contributed by atoms with E-state index in [1.807, 2.05) is 30.1 Å². The van der Waals surface area contributed by atoms with E-state index >= 15 is 0 Å². The molecule has 1 fully saturated rings. The molecule has 1 aliphatic carbocycles. The zero-order valence-electron chi connectivity index (χ0n) is 16.1. The number of anilines is 1.